The van der Waals surface area contributed by atoms with Crippen molar-refractivity contribution in [3.63, 3.8) is 0 Å². The Labute approximate surface area is 77.4 Å². The van der Waals surface area contributed by atoms with Crippen molar-refractivity contribution in [2.45, 2.75) is 51.9 Å². The lowest BCUT2D eigenvalue weighted by Crippen LogP contribution is -1.77. The van der Waals surface area contributed by atoms with Gasteiger partial charge in [0.25, 0.3) is 0 Å². The molecule has 0 spiro atoms. The summed E-state index contributed by atoms with van der Waals surface area (Å²) in [5.41, 5.74) is 0. The van der Waals surface area contributed by atoms with E-state index in [1.807, 2.05) is 6.08 Å². The maximum absolute atomic E-state index is 5.20. The van der Waals surface area contributed by atoms with Crippen LogP contribution in [0.3, 0.4) is 0 Å². The Morgan fingerprint density at radius 3 is 2.33 bits per heavy atom. The predicted molar refractivity (Wildman–Crippen MR) is 56.0 cm³/mol. The zero-order chi connectivity index (χ0) is 9.07. The third kappa shape index (κ3) is 9.48. The molecule has 0 atom stereocenters. The van der Waals surface area contributed by atoms with Crippen molar-refractivity contribution in [3.8, 4) is 0 Å². The van der Waals surface area contributed by atoms with Crippen molar-refractivity contribution in [2.24, 2.45) is 0 Å². The average Bonchev–Trinajstić information content (AvgIpc) is 2.10. The van der Waals surface area contributed by atoms with E-state index in [1.165, 1.54) is 44.9 Å². The summed E-state index contributed by atoms with van der Waals surface area (Å²) in [4.78, 5) is 0. The molecular weight excluding hydrogens is 144 g/mol. The van der Waals surface area contributed by atoms with Crippen molar-refractivity contribution in [1.82, 2.24) is 0 Å². The lowest BCUT2D eigenvalue weighted by molar-refractivity contribution is 0.611. The van der Waals surface area contributed by atoms with E-state index in [1.54, 1.807) is 6.08 Å². The molecule has 0 aliphatic rings. The zero-order valence-corrected chi connectivity index (χ0v) is 8.26. The van der Waals surface area contributed by atoms with E-state index in [0.717, 1.165) is 0 Å². The minimum absolute atomic E-state index is 1.18. The number of unbranched alkanes of at least 4 members (excludes halogenated alkanes) is 6. The van der Waals surface area contributed by atoms with Crippen LogP contribution in [0.4, 0.5) is 0 Å². The third-order valence-corrected chi connectivity index (χ3v) is 1.97. The van der Waals surface area contributed by atoms with E-state index in [0.29, 0.717) is 0 Å². The molecule has 0 saturated carbocycles. The molecule has 69 valence electrons. The summed E-state index contributed by atoms with van der Waals surface area (Å²) in [7, 11) is 0. The van der Waals surface area contributed by atoms with Crippen LogP contribution in [0.15, 0.2) is 18.2 Å². The highest BCUT2D eigenvalue weighted by atomic mass is 13.9. The fourth-order valence-corrected chi connectivity index (χ4v) is 1.22. The van der Waals surface area contributed by atoms with Gasteiger partial charge in [0.15, 0.2) is 0 Å². The van der Waals surface area contributed by atoms with Gasteiger partial charge in [0, 0.05) is 0 Å². The molecule has 0 bridgehead atoms. The number of rotatable bonds is 8. The minimum Gasteiger partial charge on any atom is -0.0845 e. The average molecular weight is 165 g/mol. The Hall–Kier alpha value is -0.520. The van der Waals surface area contributed by atoms with Gasteiger partial charge in [0.05, 0.1) is 0 Å². The van der Waals surface area contributed by atoms with Crippen LogP contribution >= 0.6 is 0 Å². The molecule has 12 heavy (non-hydrogen) atoms. The zero-order valence-electron chi connectivity index (χ0n) is 8.26. The maximum Gasteiger partial charge on any atom is -0.0348 e. The Morgan fingerprint density at radius 2 is 1.67 bits per heavy atom. The molecule has 0 amide bonds. The van der Waals surface area contributed by atoms with E-state index < -0.39 is 0 Å². The Balaban J connectivity index is 2.90. The van der Waals surface area contributed by atoms with Crippen molar-refractivity contribution in [1.29, 1.82) is 0 Å². The lowest BCUT2D eigenvalue weighted by Gasteiger charge is -1.96. The van der Waals surface area contributed by atoms with Gasteiger partial charge in [0.1, 0.15) is 0 Å². The van der Waals surface area contributed by atoms with E-state index in [2.05, 4.69) is 13.0 Å². The van der Waals surface area contributed by atoms with Crippen molar-refractivity contribution in [3.05, 3.63) is 24.8 Å². The van der Waals surface area contributed by atoms with Crippen LogP contribution in [-0.4, -0.2) is 0 Å². The summed E-state index contributed by atoms with van der Waals surface area (Å²) < 4.78 is 0. The molecule has 0 nitrogen and oxygen atoms in total. The summed E-state index contributed by atoms with van der Waals surface area (Å²) in [5, 5.41) is 0. The largest absolute Gasteiger partial charge is 0.0845 e. The molecule has 0 aliphatic heterocycles. The van der Waals surface area contributed by atoms with E-state index in [9.17, 15) is 0 Å². The van der Waals surface area contributed by atoms with Crippen LogP contribution in [0.1, 0.15) is 51.9 Å². The number of hydrogen-bond donors (Lipinski definition) is 0. The molecule has 0 N–H and O–H groups in total. The summed E-state index contributed by atoms with van der Waals surface area (Å²) in [6, 6.07) is 0. The molecule has 0 heterocycles. The molecule has 0 unspecified atom stereocenters. The smallest absolute Gasteiger partial charge is 0.0348 e. The number of hydrogen-bond acceptors (Lipinski definition) is 0. The summed E-state index contributed by atoms with van der Waals surface area (Å²) >= 11 is 0. The third-order valence-electron chi connectivity index (χ3n) is 1.97. The predicted octanol–water partition coefficient (Wildman–Crippen LogP) is 4.28. The van der Waals surface area contributed by atoms with Gasteiger partial charge in [-0.15, -0.1) is 0 Å². The SMILES string of the molecule is [CH]=C/C=C/CCCCCCCC. The highest BCUT2D eigenvalue weighted by Crippen LogP contribution is 2.06. The van der Waals surface area contributed by atoms with Crippen LogP contribution in [0, 0.1) is 6.58 Å². The molecule has 0 fully saturated rings. The van der Waals surface area contributed by atoms with Gasteiger partial charge in [0.2, 0.25) is 0 Å². The Morgan fingerprint density at radius 1 is 1.00 bits per heavy atom. The molecule has 0 aromatic rings. The monoisotopic (exact) mass is 165 g/mol. The van der Waals surface area contributed by atoms with Crippen LogP contribution in [0.2, 0.25) is 0 Å². The second-order valence-electron chi connectivity index (χ2n) is 3.18. The van der Waals surface area contributed by atoms with Crippen LogP contribution in [0.25, 0.3) is 0 Å². The van der Waals surface area contributed by atoms with Crippen molar-refractivity contribution in [2.75, 3.05) is 0 Å². The Kier molecular flexibility index (Phi) is 10.0. The van der Waals surface area contributed by atoms with Gasteiger partial charge < -0.3 is 0 Å². The number of allylic oxidation sites excluding steroid dienone is 3. The van der Waals surface area contributed by atoms with Gasteiger partial charge in [-0.2, -0.15) is 0 Å². The fourth-order valence-electron chi connectivity index (χ4n) is 1.22. The second-order valence-corrected chi connectivity index (χ2v) is 3.18. The molecule has 0 rings (SSSR count). The van der Waals surface area contributed by atoms with Gasteiger partial charge in [-0.1, -0.05) is 63.8 Å². The van der Waals surface area contributed by atoms with E-state index >= 15 is 0 Å². The highest BCUT2D eigenvalue weighted by Gasteiger charge is 1.87. The molecule has 0 aromatic carbocycles. The van der Waals surface area contributed by atoms with Crippen LogP contribution < -0.4 is 0 Å². The Bertz CT molecular complexity index is 111. The first-order valence-corrected chi connectivity index (χ1v) is 5.12. The topological polar surface area (TPSA) is 0 Å². The van der Waals surface area contributed by atoms with Gasteiger partial charge >= 0.3 is 0 Å². The first kappa shape index (κ1) is 11.5. The first-order chi connectivity index (χ1) is 5.91. The summed E-state index contributed by atoms with van der Waals surface area (Å²) in [6.07, 6.45) is 15.1. The molecule has 0 aliphatic carbocycles. The molecule has 0 aromatic heterocycles. The second kappa shape index (κ2) is 10.5. The molecule has 0 saturated heterocycles. The van der Waals surface area contributed by atoms with Crippen molar-refractivity contribution < 1.29 is 0 Å². The van der Waals surface area contributed by atoms with Crippen LogP contribution in [0.5, 0.6) is 0 Å². The minimum atomic E-state index is 1.18. The lowest BCUT2D eigenvalue weighted by atomic mass is 10.1. The van der Waals surface area contributed by atoms with Gasteiger partial charge in [-0.25, -0.2) is 0 Å². The fraction of sp³-hybridized carbons (Fsp3) is 0.667. The van der Waals surface area contributed by atoms with Crippen molar-refractivity contribution >= 4 is 0 Å². The molecular formula is C12H21. The molecule has 1 radical (unpaired) electrons. The first-order valence-electron chi connectivity index (χ1n) is 5.12. The standard InChI is InChI=1S/C12H21/c1-3-5-7-9-11-12-10-8-6-4-2/h1,3,5,7H,4,6,8-12H2,2H3/b3-1?,7-5+. The van der Waals surface area contributed by atoms with Gasteiger partial charge in [-0.3, -0.25) is 0 Å². The maximum atomic E-state index is 5.20. The normalized spacial score (nSPS) is 10.8. The van der Waals surface area contributed by atoms with Gasteiger partial charge in [-0.05, 0) is 12.8 Å². The van der Waals surface area contributed by atoms with E-state index in [4.69, 9.17) is 6.58 Å². The molecule has 0 heteroatoms. The van der Waals surface area contributed by atoms with E-state index in [-0.39, 0.29) is 0 Å². The summed E-state index contributed by atoms with van der Waals surface area (Å²) in [6.45, 7) is 7.45. The highest BCUT2D eigenvalue weighted by molar-refractivity contribution is 4.95. The quantitative estimate of drug-likeness (QED) is 0.372. The van der Waals surface area contributed by atoms with Crippen LogP contribution in [-0.2, 0) is 0 Å². The summed E-state index contributed by atoms with van der Waals surface area (Å²) in [5.74, 6) is 0.